The zero-order chi connectivity index (χ0) is 17.3. The molecular weight excluding hydrogens is 354 g/mol. The predicted octanol–water partition coefficient (Wildman–Crippen LogP) is 3.61. The maximum atomic E-state index is 13.3. The zero-order valence-electron chi connectivity index (χ0n) is 14.2. The summed E-state index contributed by atoms with van der Waals surface area (Å²) >= 11 is 1.59. The van der Waals surface area contributed by atoms with E-state index in [4.69, 9.17) is 4.74 Å². The van der Waals surface area contributed by atoms with Crippen molar-refractivity contribution < 1.29 is 13.2 Å². The van der Waals surface area contributed by atoms with E-state index in [1.165, 1.54) is 11.1 Å². The van der Waals surface area contributed by atoms with Gasteiger partial charge in [0, 0.05) is 24.6 Å². The standard InChI is InChI=1S/C19H23NO3S2/c21-25(22,19-9-8-15-4-1-5-16(15)12-19)20(13-17-6-2-10-23-17)14-18-7-3-11-24-18/h3,7-9,11-12,17H,1-2,4-6,10,13-14H2/t17-/m0/s1. The van der Waals surface area contributed by atoms with Crippen molar-refractivity contribution in [1.29, 1.82) is 0 Å². The summed E-state index contributed by atoms with van der Waals surface area (Å²) in [5, 5.41) is 1.99. The summed E-state index contributed by atoms with van der Waals surface area (Å²) in [5.41, 5.74) is 2.48. The number of nitrogens with zero attached hydrogens (tertiary/aromatic N) is 1. The molecule has 1 atom stereocenters. The molecule has 134 valence electrons. The zero-order valence-corrected chi connectivity index (χ0v) is 15.8. The summed E-state index contributed by atoms with van der Waals surface area (Å²) in [6.07, 6.45) is 5.11. The maximum absolute atomic E-state index is 13.3. The highest BCUT2D eigenvalue weighted by Gasteiger charge is 2.30. The van der Waals surface area contributed by atoms with Crippen LogP contribution in [0.4, 0.5) is 0 Å². The number of sulfonamides is 1. The van der Waals surface area contributed by atoms with Gasteiger partial charge in [-0.15, -0.1) is 11.3 Å². The molecule has 1 aliphatic carbocycles. The Kier molecular flexibility index (Phi) is 4.95. The molecule has 1 fully saturated rings. The molecule has 0 spiro atoms. The van der Waals surface area contributed by atoms with Crippen LogP contribution in [0.3, 0.4) is 0 Å². The van der Waals surface area contributed by atoms with Crippen molar-refractivity contribution in [1.82, 2.24) is 4.31 Å². The van der Waals surface area contributed by atoms with Crippen molar-refractivity contribution >= 4 is 21.4 Å². The molecule has 4 rings (SSSR count). The lowest BCUT2D eigenvalue weighted by Gasteiger charge is -2.24. The molecule has 25 heavy (non-hydrogen) atoms. The highest BCUT2D eigenvalue weighted by molar-refractivity contribution is 7.89. The number of aryl methyl sites for hydroxylation is 2. The number of rotatable bonds is 6. The number of fused-ring (bicyclic) bond motifs is 1. The van der Waals surface area contributed by atoms with Crippen molar-refractivity contribution in [3.63, 3.8) is 0 Å². The number of hydrogen-bond donors (Lipinski definition) is 0. The molecule has 0 amide bonds. The minimum absolute atomic E-state index is 0.00386. The lowest BCUT2D eigenvalue weighted by molar-refractivity contribution is 0.0927. The van der Waals surface area contributed by atoms with E-state index in [1.807, 2.05) is 29.6 Å². The van der Waals surface area contributed by atoms with Gasteiger partial charge in [-0.25, -0.2) is 8.42 Å². The van der Waals surface area contributed by atoms with Crippen LogP contribution < -0.4 is 0 Å². The fourth-order valence-electron chi connectivity index (χ4n) is 3.70. The summed E-state index contributed by atoms with van der Waals surface area (Å²) in [6, 6.07) is 9.60. The first-order valence-corrected chi connectivity index (χ1v) is 11.2. The van der Waals surface area contributed by atoms with Crippen molar-refractivity contribution in [2.24, 2.45) is 0 Å². The van der Waals surface area contributed by atoms with Crippen molar-refractivity contribution in [3.05, 3.63) is 51.7 Å². The normalized spacial score (nSPS) is 20.3. The van der Waals surface area contributed by atoms with E-state index in [0.717, 1.165) is 43.6 Å². The smallest absolute Gasteiger partial charge is 0.243 e. The van der Waals surface area contributed by atoms with Gasteiger partial charge < -0.3 is 4.74 Å². The molecule has 0 radical (unpaired) electrons. The van der Waals surface area contributed by atoms with Crippen LogP contribution in [-0.2, 0) is 34.1 Å². The first kappa shape index (κ1) is 17.2. The molecular formula is C19H23NO3S2. The molecule has 1 aromatic heterocycles. The first-order valence-electron chi connectivity index (χ1n) is 8.89. The molecule has 2 aromatic rings. The molecule has 6 heteroatoms. The van der Waals surface area contributed by atoms with Crippen LogP contribution >= 0.6 is 11.3 Å². The number of thiophene rings is 1. The average Bonchev–Trinajstić information content (AvgIpc) is 3.36. The Morgan fingerprint density at radius 3 is 2.80 bits per heavy atom. The molecule has 0 unspecified atom stereocenters. The van der Waals surface area contributed by atoms with Gasteiger partial charge in [-0.1, -0.05) is 12.1 Å². The molecule has 1 saturated heterocycles. The number of benzene rings is 1. The third-order valence-corrected chi connectivity index (χ3v) is 7.72. The van der Waals surface area contributed by atoms with Crippen LogP contribution in [0.1, 0.15) is 35.3 Å². The third kappa shape index (κ3) is 3.67. The molecule has 0 saturated carbocycles. The maximum Gasteiger partial charge on any atom is 0.243 e. The predicted molar refractivity (Wildman–Crippen MR) is 99.4 cm³/mol. The Labute approximate surface area is 153 Å². The van der Waals surface area contributed by atoms with Gasteiger partial charge in [0.05, 0.1) is 11.0 Å². The SMILES string of the molecule is O=S(=O)(c1ccc2c(c1)CCC2)N(Cc1cccs1)C[C@@H]1CCCO1. The van der Waals surface area contributed by atoms with Crippen molar-refractivity contribution in [2.45, 2.75) is 49.6 Å². The fraction of sp³-hybridized carbons (Fsp3) is 0.474. The topological polar surface area (TPSA) is 46.6 Å². The van der Waals surface area contributed by atoms with E-state index in [0.29, 0.717) is 18.0 Å². The second kappa shape index (κ2) is 7.19. The van der Waals surface area contributed by atoms with Gasteiger partial charge in [-0.2, -0.15) is 4.31 Å². The van der Waals surface area contributed by atoms with Gasteiger partial charge in [0.2, 0.25) is 10.0 Å². The van der Waals surface area contributed by atoms with E-state index >= 15 is 0 Å². The largest absolute Gasteiger partial charge is 0.377 e. The second-order valence-corrected chi connectivity index (χ2v) is 9.77. The Hall–Kier alpha value is -1.21. The quantitative estimate of drug-likeness (QED) is 0.773. The van der Waals surface area contributed by atoms with E-state index in [2.05, 4.69) is 0 Å². The van der Waals surface area contributed by atoms with E-state index < -0.39 is 10.0 Å². The third-order valence-electron chi connectivity index (χ3n) is 5.05. The van der Waals surface area contributed by atoms with Gasteiger partial charge in [0.15, 0.2) is 0 Å². The Balaban J connectivity index is 1.63. The monoisotopic (exact) mass is 377 g/mol. The molecule has 2 heterocycles. The van der Waals surface area contributed by atoms with Crippen LogP contribution in [-0.4, -0.2) is 32.0 Å². The Morgan fingerprint density at radius 1 is 1.16 bits per heavy atom. The van der Waals surface area contributed by atoms with Gasteiger partial charge in [-0.05, 0) is 66.8 Å². The van der Waals surface area contributed by atoms with Crippen LogP contribution in [0.25, 0.3) is 0 Å². The van der Waals surface area contributed by atoms with Crippen LogP contribution in [0.15, 0.2) is 40.6 Å². The molecule has 1 aromatic carbocycles. The van der Waals surface area contributed by atoms with Gasteiger partial charge in [0.1, 0.15) is 0 Å². The lowest BCUT2D eigenvalue weighted by Crippen LogP contribution is -2.36. The lowest BCUT2D eigenvalue weighted by atomic mass is 10.1. The highest BCUT2D eigenvalue weighted by Crippen LogP contribution is 2.28. The molecule has 2 aliphatic rings. The molecule has 0 bridgehead atoms. The average molecular weight is 378 g/mol. The molecule has 4 nitrogen and oxygen atoms in total. The molecule has 1 aliphatic heterocycles. The van der Waals surface area contributed by atoms with Crippen LogP contribution in [0, 0.1) is 0 Å². The highest BCUT2D eigenvalue weighted by atomic mass is 32.2. The summed E-state index contributed by atoms with van der Waals surface area (Å²) in [7, 11) is -3.53. The van der Waals surface area contributed by atoms with Crippen LogP contribution in [0.2, 0.25) is 0 Å². The first-order chi connectivity index (χ1) is 12.1. The van der Waals surface area contributed by atoms with Gasteiger partial charge in [-0.3, -0.25) is 0 Å². The van der Waals surface area contributed by atoms with E-state index in [9.17, 15) is 8.42 Å². The summed E-state index contributed by atoms with van der Waals surface area (Å²) in [6.45, 7) is 1.57. The molecule has 0 N–H and O–H groups in total. The number of hydrogen-bond acceptors (Lipinski definition) is 4. The minimum Gasteiger partial charge on any atom is -0.377 e. The Morgan fingerprint density at radius 2 is 2.04 bits per heavy atom. The Bertz CT molecular complexity index is 824. The second-order valence-electron chi connectivity index (χ2n) is 6.80. The van der Waals surface area contributed by atoms with Crippen molar-refractivity contribution in [3.8, 4) is 0 Å². The van der Waals surface area contributed by atoms with E-state index in [-0.39, 0.29) is 6.10 Å². The fourth-order valence-corrected chi connectivity index (χ4v) is 6.00. The van der Waals surface area contributed by atoms with Crippen molar-refractivity contribution in [2.75, 3.05) is 13.2 Å². The minimum atomic E-state index is -3.53. The van der Waals surface area contributed by atoms with Crippen LogP contribution in [0.5, 0.6) is 0 Å². The summed E-state index contributed by atoms with van der Waals surface area (Å²) < 4.78 is 34.0. The summed E-state index contributed by atoms with van der Waals surface area (Å²) in [4.78, 5) is 1.48. The van der Waals surface area contributed by atoms with Gasteiger partial charge >= 0.3 is 0 Å². The summed E-state index contributed by atoms with van der Waals surface area (Å²) in [5.74, 6) is 0. The van der Waals surface area contributed by atoms with E-state index in [1.54, 1.807) is 21.7 Å². The van der Waals surface area contributed by atoms with Gasteiger partial charge in [0.25, 0.3) is 0 Å². The number of ether oxygens (including phenoxy) is 1.